The zero-order valence-corrected chi connectivity index (χ0v) is 10.1. The van der Waals surface area contributed by atoms with Gasteiger partial charge in [0.1, 0.15) is 6.33 Å². The Labute approximate surface area is 91.4 Å². The van der Waals surface area contributed by atoms with Crippen molar-refractivity contribution in [2.45, 2.75) is 20.3 Å². The number of aromatic amines is 1. The largest absolute Gasteiger partial charge is 0.309 e. The van der Waals surface area contributed by atoms with E-state index in [9.17, 15) is 0 Å². The van der Waals surface area contributed by atoms with E-state index in [0.29, 0.717) is 5.95 Å². The second kappa shape index (κ2) is 8.19. The van der Waals surface area contributed by atoms with Crippen molar-refractivity contribution in [1.29, 1.82) is 0 Å². The summed E-state index contributed by atoms with van der Waals surface area (Å²) in [5.41, 5.74) is 0. The van der Waals surface area contributed by atoms with E-state index >= 15 is 0 Å². The average Bonchev–Trinajstić information content (AvgIpc) is 2.73. The van der Waals surface area contributed by atoms with E-state index in [1.54, 1.807) is 5.01 Å². The number of hydrazine groups is 1. The molecule has 1 heterocycles. The van der Waals surface area contributed by atoms with Crippen LogP contribution in [0, 0.1) is 0 Å². The summed E-state index contributed by atoms with van der Waals surface area (Å²) in [7, 11) is 4.07. The van der Waals surface area contributed by atoms with Gasteiger partial charge in [-0.25, -0.2) is 10.9 Å². The lowest BCUT2D eigenvalue weighted by molar-refractivity contribution is 0.400. The molecule has 0 fully saturated rings. The van der Waals surface area contributed by atoms with Crippen LogP contribution in [-0.2, 0) is 0 Å². The molecule has 0 aliphatic heterocycles. The van der Waals surface area contributed by atoms with Gasteiger partial charge >= 0.3 is 0 Å². The van der Waals surface area contributed by atoms with Gasteiger partial charge in [0.05, 0.1) is 0 Å². The van der Waals surface area contributed by atoms with Crippen LogP contribution < -0.4 is 10.9 Å². The summed E-state index contributed by atoms with van der Waals surface area (Å²) < 4.78 is 0. The molecule has 0 saturated carbocycles. The summed E-state index contributed by atoms with van der Waals surface area (Å²) in [4.78, 5) is 6.05. The first-order valence-electron chi connectivity index (χ1n) is 5.22. The highest BCUT2D eigenvalue weighted by Crippen LogP contribution is 1.98. The molecule has 0 spiro atoms. The van der Waals surface area contributed by atoms with E-state index in [2.05, 4.69) is 20.1 Å². The number of hydrogen-bond acceptors (Lipinski definition) is 5. The molecule has 6 nitrogen and oxygen atoms in total. The summed E-state index contributed by atoms with van der Waals surface area (Å²) in [6.07, 6.45) is 2.45. The van der Waals surface area contributed by atoms with Crippen LogP contribution in [0.1, 0.15) is 20.3 Å². The zero-order chi connectivity index (χ0) is 11.7. The third kappa shape index (κ3) is 6.03. The summed E-state index contributed by atoms with van der Waals surface area (Å²) >= 11 is 0. The summed E-state index contributed by atoms with van der Waals surface area (Å²) in [6.45, 7) is 5.79. The minimum atomic E-state index is 0.610. The topological polar surface area (TPSA) is 74.1 Å². The highest BCUT2D eigenvalue weighted by atomic mass is 15.5. The molecule has 0 amide bonds. The normalized spacial score (nSPS) is 9.73. The second-order valence-electron chi connectivity index (χ2n) is 3.16. The SMILES string of the molecule is CC.CN(C)CCCN(N)c1ncn[nH]1. The Bertz CT molecular complexity index is 221. The quantitative estimate of drug-likeness (QED) is 0.550. The molecule has 1 aromatic rings. The molecule has 0 aliphatic carbocycles. The number of nitrogens with two attached hydrogens (primary N) is 1. The van der Waals surface area contributed by atoms with Gasteiger partial charge in [-0.1, -0.05) is 13.8 Å². The lowest BCUT2D eigenvalue weighted by Gasteiger charge is -2.16. The molecular weight excluding hydrogens is 192 g/mol. The first kappa shape index (κ1) is 13.9. The van der Waals surface area contributed by atoms with Crippen LogP contribution in [0.3, 0.4) is 0 Å². The predicted molar refractivity (Wildman–Crippen MR) is 62.4 cm³/mol. The van der Waals surface area contributed by atoms with E-state index in [1.807, 2.05) is 27.9 Å². The molecule has 0 unspecified atom stereocenters. The highest BCUT2D eigenvalue weighted by molar-refractivity contribution is 5.22. The molecule has 15 heavy (non-hydrogen) atoms. The number of rotatable bonds is 5. The summed E-state index contributed by atoms with van der Waals surface area (Å²) in [5.74, 6) is 6.32. The molecule has 0 aliphatic rings. The van der Waals surface area contributed by atoms with Crippen molar-refractivity contribution in [2.24, 2.45) is 5.84 Å². The number of anilines is 1. The lowest BCUT2D eigenvalue weighted by atomic mass is 10.4. The van der Waals surface area contributed by atoms with Crippen molar-refractivity contribution in [1.82, 2.24) is 20.1 Å². The maximum absolute atomic E-state index is 5.71. The number of nitrogens with zero attached hydrogens (tertiary/aromatic N) is 4. The molecule has 0 aromatic carbocycles. The molecule has 0 saturated heterocycles. The Balaban J connectivity index is 0.000000921. The zero-order valence-electron chi connectivity index (χ0n) is 10.1. The van der Waals surface area contributed by atoms with Gasteiger partial charge in [0.2, 0.25) is 5.95 Å². The van der Waals surface area contributed by atoms with Gasteiger partial charge in [0, 0.05) is 6.54 Å². The van der Waals surface area contributed by atoms with Gasteiger partial charge in [-0.05, 0) is 27.1 Å². The monoisotopic (exact) mass is 214 g/mol. The van der Waals surface area contributed by atoms with Gasteiger partial charge < -0.3 is 4.90 Å². The molecule has 0 radical (unpaired) electrons. The fraction of sp³-hybridized carbons (Fsp3) is 0.778. The molecular formula is C9H22N6. The first-order chi connectivity index (χ1) is 7.20. The Kier molecular flexibility index (Phi) is 7.57. The Morgan fingerprint density at radius 3 is 2.47 bits per heavy atom. The van der Waals surface area contributed by atoms with Crippen molar-refractivity contribution >= 4 is 5.95 Å². The highest BCUT2D eigenvalue weighted by Gasteiger charge is 2.03. The number of H-pyrrole nitrogens is 1. The minimum Gasteiger partial charge on any atom is -0.309 e. The van der Waals surface area contributed by atoms with Gasteiger partial charge in [0.15, 0.2) is 0 Å². The number of aromatic nitrogens is 3. The van der Waals surface area contributed by atoms with Gasteiger partial charge in [0.25, 0.3) is 0 Å². The Morgan fingerprint density at radius 2 is 2.00 bits per heavy atom. The Morgan fingerprint density at radius 1 is 1.33 bits per heavy atom. The Hall–Kier alpha value is -1.14. The van der Waals surface area contributed by atoms with E-state index in [4.69, 9.17) is 5.84 Å². The number of nitrogens with one attached hydrogen (secondary N) is 1. The van der Waals surface area contributed by atoms with E-state index in [1.165, 1.54) is 6.33 Å². The average molecular weight is 214 g/mol. The van der Waals surface area contributed by atoms with Gasteiger partial charge in [-0.3, -0.25) is 5.01 Å². The molecule has 1 rings (SSSR count). The van der Waals surface area contributed by atoms with Crippen LogP contribution in [0.15, 0.2) is 6.33 Å². The lowest BCUT2D eigenvalue weighted by Crippen LogP contribution is -2.34. The maximum atomic E-state index is 5.71. The third-order valence-corrected chi connectivity index (χ3v) is 1.68. The summed E-state index contributed by atoms with van der Waals surface area (Å²) in [6, 6.07) is 0. The van der Waals surface area contributed by atoms with Crippen LogP contribution >= 0.6 is 0 Å². The molecule has 0 atom stereocenters. The van der Waals surface area contributed by atoms with E-state index in [0.717, 1.165) is 19.5 Å². The van der Waals surface area contributed by atoms with Crippen molar-refractivity contribution in [3.63, 3.8) is 0 Å². The number of hydrogen-bond donors (Lipinski definition) is 2. The molecule has 1 aromatic heterocycles. The minimum absolute atomic E-state index is 0.610. The van der Waals surface area contributed by atoms with Gasteiger partial charge in [-0.15, -0.1) is 0 Å². The fourth-order valence-corrected chi connectivity index (χ4v) is 1.00. The van der Waals surface area contributed by atoms with Crippen LogP contribution in [0.2, 0.25) is 0 Å². The van der Waals surface area contributed by atoms with Crippen molar-refractivity contribution in [3.8, 4) is 0 Å². The van der Waals surface area contributed by atoms with Crippen molar-refractivity contribution in [2.75, 3.05) is 32.2 Å². The van der Waals surface area contributed by atoms with Crippen molar-refractivity contribution in [3.05, 3.63) is 6.33 Å². The molecule has 0 bridgehead atoms. The fourth-order valence-electron chi connectivity index (χ4n) is 1.00. The molecule has 3 N–H and O–H groups in total. The van der Waals surface area contributed by atoms with Crippen LogP contribution in [-0.4, -0.2) is 47.3 Å². The molecule has 88 valence electrons. The third-order valence-electron chi connectivity index (χ3n) is 1.68. The van der Waals surface area contributed by atoms with Gasteiger partial charge in [-0.2, -0.15) is 10.1 Å². The van der Waals surface area contributed by atoms with Crippen LogP contribution in [0.4, 0.5) is 5.95 Å². The summed E-state index contributed by atoms with van der Waals surface area (Å²) in [5, 5.41) is 7.99. The van der Waals surface area contributed by atoms with E-state index < -0.39 is 0 Å². The standard InChI is InChI=1S/C7H16N6.C2H6/c1-12(2)4-3-5-13(8)7-9-6-10-11-7;1-2/h6H,3-5,8H2,1-2H3,(H,9,10,11);1-2H3. The predicted octanol–water partition coefficient (Wildman–Crippen LogP) is 0.463. The van der Waals surface area contributed by atoms with Crippen LogP contribution in [0.5, 0.6) is 0 Å². The first-order valence-corrected chi connectivity index (χ1v) is 5.22. The maximum Gasteiger partial charge on any atom is 0.235 e. The van der Waals surface area contributed by atoms with E-state index in [-0.39, 0.29) is 0 Å². The molecule has 6 heteroatoms. The smallest absolute Gasteiger partial charge is 0.235 e. The van der Waals surface area contributed by atoms with Crippen molar-refractivity contribution < 1.29 is 0 Å². The van der Waals surface area contributed by atoms with Crippen LogP contribution in [0.25, 0.3) is 0 Å². The second-order valence-corrected chi connectivity index (χ2v) is 3.16.